The van der Waals surface area contributed by atoms with Crippen molar-refractivity contribution in [2.45, 2.75) is 0 Å². The Morgan fingerprint density at radius 1 is 1.50 bits per heavy atom. The first kappa shape index (κ1) is 6.76. The Kier molecular flexibility index (Phi) is 1.47. The van der Waals surface area contributed by atoms with Crippen LogP contribution < -0.4 is 0 Å². The van der Waals surface area contributed by atoms with Gasteiger partial charge in [-0.3, -0.25) is 4.40 Å². The molecule has 0 aliphatic heterocycles. The van der Waals surface area contributed by atoms with Gasteiger partial charge in [-0.25, -0.2) is 9.78 Å². The van der Waals surface area contributed by atoms with E-state index in [1.807, 2.05) is 18.2 Å². The topological polar surface area (TPSA) is 46.7 Å². The van der Waals surface area contributed by atoms with Crippen LogP contribution in [0.15, 0.2) is 35.6 Å². The maximum atomic E-state index is 9.98. The van der Waals surface area contributed by atoms with Crippen molar-refractivity contribution in [2.24, 2.45) is 4.99 Å². The molecule has 58 valence electrons. The lowest BCUT2D eigenvalue weighted by Gasteiger charge is -1.91. The fraction of sp³-hybridized carbons (Fsp3) is 0. The SMILES string of the molecule is O=C=Nc1cnc2ccccn12. The van der Waals surface area contributed by atoms with Crippen LogP contribution in [0.5, 0.6) is 0 Å². The van der Waals surface area contributed by atoms with Crippen molar-refractivity contribution in [3.63, 3.8) is 0 Å². The molecule has 0 spiro atoms. The van der Waals surface area contributed by atoms with Crippen LogP contribution in [-0.2, 0) is 4.79 Å². The third-order valence-corrected chi connectivity index (χ3v) is 1.56. The third kappa shape index (κ3) is 0.909. The van der Waals surface area contributed by atoms with Gasteiger partial charge in [-0.1, -0.05) is 6.07 Å². The van der Waals surface area contributed by atoms with Crippen LogP contribution in [0.2, 0.25) is 0 Å². The van der Waals surface area contributed by atoms with Gasteiger partial charge in [0.1, 0.15) is 5.65 Å². The van der Waals surface area contributed by atoms with Crippen molar-refractivity contribution in [3.05, 3.63) is 30.6 Å². The number of carbonyl (C=O) groups excluding carboxylic acids is 1. The lowest BCUT2D eigenvalue weighted by atomic mass is 10.5. The summed E-state index contributed by atoms with van der Waals surface area (Å²) in [6.45, 7) is 0. The molecule has 2 rings (SSSR count). The molecule has 0 aliphatic rings. The molecule has 12 heavy (non-hydrogen) atoms. The Morgan fingerprint density at radius 3 is 3.25 bits per heavy atom. The minimum absolute atomic E-state index is 0.501. The quantitative estimate of drug-likeness (QED) is 0.465. The van der Waals surface area contributed by atoms with Gasteiger partial charge in [0.05, 0.1) is 6.20 Å². The standard InChI is InChI=1S/C8H5N3O/c12-6-10-8-5-9-7-3-1-2-4-11(7)8/h1-5H. The molecule has 0 aromatic carbocycles. The number of imidazole rings is 1. The van der Waals surface area contributed by atoms with Gasteiger partial charge < -0.3 is 0 Å². The molecule has 2 heterocycles. The predicted molar refractivity (Wildman–Crippen MR) is 43.0 cm³/mol. The molecular formula is C8H5N3O. The lowest BCUT2D eigenvalue weighted by molar-refractivity contribution is 0.565. The van der Waals surface area contributed by atoms with Gasteiger partial charge in [-0.05, 0) is 12.1 Å². The smallest absolute Gasteiger partial charge is 0.242 e. The molecule has 4 heteroatoms. The minimum atomic E-state index is 0.501. The first-order valence-electron chi connectivity index (χ1n) is 3.42. The Labute approximate surface area is 68.2 Å². The largest absolute Gasteiger partial charge is 0.284 e. The molecule has 0 bridgehead atoms. The second-order valence-electron chi connectivity index (χ2n) is 2.25. The summed E-state index contributed by atoms with van der Waals surface area (Å²) in [5, 5.41) is 0. The van der Waals surface area contributed by atoms with Crippen LogP contribution in [0, 0.1) is 0 Å². The Hall–Kier alpha value is -1.93. The van der Waals surface area contributed by atoms with Gasteiger partial charge in [-0.15, -0.1) is 4.99 Å². The summed E-state index contributed by atoms with van der Waals surface area (Å²) >= 11 is 0. The van der Waals surface area contributed by atoms with Crippen molar-refractivity contribution in [1.29, 1.82) is 0 Å². The number of hydrogen-bond acceptors (Lipinski definition) is 3. The molecule has 0 fully saturated rings. The molecule has 0 aliphatic carbocycles. The van der Waals surface area contributed by atoms with Gasteiger partial charge in [0.15, 0.2) is 5.82 Å². The first-order chi connectivity index (χ1) is 5.92. The first-order valence-corrected chi connectivity index (χ1v) is 3.42. The van der Waals surface area contributed by atoms with Crippen molar-refractivity contribution in [3.8, 4) is 0 Å². The number of rotatable bonds is 1. The Bertz CT molecular complexity index is 454. The molecule has 0 saturated heterocycles. The summed E-state index contributed by atoms with van der Waals surface area (Å²) in [5.41, 5.74) is 0.770. The zero-order valence-corrected chi connectivity index (χ0v) is 6.14. The summed E-state index contributed by atoms with van der Waals surface area (Å²) in [6.07, 6.45) is 4.79. The average molecular weight is 159 g/mol. The minimum Gasteiger partial charge on any atom is -0.284 e. The number of pyridine rings is 1. The highest BCUT2D eigenvalue weighted by molar-refractivity contribution is 5.51. The fourth-order valence-electron chi connectivity index (χ4n) is 1.05. The van der Waals surface area contributed by atoms with Crippen LogP contribution in [-0.4, -0.2) is 15.5 Å². The van der Waals surface area contributed by atoms with Crippen LogP contribution in [0.3, 0.4) is 0 Å². The monoisotopic (exact) mass is 159 g/mol. The summed E-state index contributed by atoms with van der Waals surface area (Å²) < 4.78 is 1.71. The van der Waals surface area contributed by atoms with Crippen LogP contribution in [0.25, 0.3) is 5.65 Å². The van der Waals surface area contributed by atoms with Crippen LogP contribution in [0.1, 0.15) is 0 Å². The van der Waals surface area contributed by atoms with E-state index in [1.54, 1.807) is 10.6 Å². The summed E-state index contributed by atoms with van der Waals surface area (Å²) in [7, 11) is 0. The van der Waals surface area contributed by atoms with Crippen molar-refractivity contribution in [2.75, 3.05) is 0 Å². The van der Waals surface area contributed by atoms with E-state index in [2.05, 4.69) is 9.98 Å². The fourth-order valence-corrected chi connectivity index (χ4v) is 1.05. The number of aliphatic imine (C=N–C) groups is 1. The normalized spacial score (nSPS) is 9.67. The van der Waals surface area contributed by atoms with Crippen LogP contribution in [0.4, 0.5) is 5.82 Å². The maximum absolute atomic E-state index is 9.98. The lowest BCUT2D eigenvalue weighted by Crippen LogP contribution is -1.80. The van der Waals surface area contributed by atoms with E-state index in [4.69, 9.17) is 0 Å². The molecule has 0 radical (unpaired) electrons. The molecule has 0 unspecified atom stereocenters. The van der Waals surface area contributed by atoms with Gasteiger partial charge >= 0.3 is 0 Å². The highest BCUT2D eigenvalue weighted by Gasteiger charge is 1.98. The molecule has 0 atom stereocenters. The van der Waals surface area contributed by atoms with Gasteiger partial charge in [0, 0.05) is 6.20 Å². The third-order valence-electron chi connectivity index (χ3n) is 1.56. The zero-order chi connectivity index (χ0) is 8.39. The molecule has 0 amide bonds. The molecular weight excluding hydrogens is 154 g/mol. The van der Waals surface area contributed by atoms with Crippen molar-refractivity contribution in [1.82, 2.24) is 9.38 Å². The van der Waals surface area contributed by atoms with E-state index in [0.29, 0.717) is 5.82 Å². The van der Waals surface area contributed by atoms with Gasteiger partial charge in [0.2, 0.25) is 6.08 Å². The molecule has 4 nitrogen and oxygen atoms in total. The van der Waals surface area contributed by atoms with Crippen molar-refractivity contribution >= 4 is 17.5 Å². The van der Waals surface area contributed by atoms with Crippen LogP contribution >= 0.6 is 0 Å². The Balaban J connectivity index is 2.78. The maximum Gasteiger partial charge on any atom is 0.242 e. The molecule has 2 aromatic heterocycles. The number of isocyanates is 1. The van der Waals surface area contributed by atoms with E-state index in [-0.39, 0.29) is 0 Å². The number of hydrogen-bond donors (Lipinski definition) is 0. The number of fused-ring (bicyclic) bond motifs is 1. The Morgan fingerprint density at radius 2 is 2.42 bits per heavy atom. The second-order valence-corrected chi connectivity index (χ2v) is 2.25. The van der Waals surface area contributed by atoms with E-state index in [0.717, 1.165) is 5.65 Å². The summed E-state index contributed by atoms with van der Waals surface area (Å²) in [6, 6.07) is 5.55. The van der Waals surface area contributed by atoms with Crippen molar-refractivity contribution < 1.29 is 4.79 Å². The molecule has 0 N–H and O–H groups in total. The second kappa shape index (κ2) is 2.60. The molecule has 2 aromatic rings. The van der Waals surface area contributed by atoms with E-state index in [9.17, 15) is 4.79 Å². The summed E-state index contributed by atoms with van der Waals surface area (Å²) in [4.78, 5) is 17.5. The predicted octanol–water partition coefficient (Wildman–Crippen LogP) is 1.30. The highest BCUT2D eigenvalue weighted by atomic mass is 16.1. The van der Waals surface area contributed by atoms with Gasteiger partial charge in [-0.2, -0.15) is 0 Å². The average Bonchev–Trinajstić information content (AvgIpc) is 2.50. The zero-order valence-electron chi connectivity index (χ0n) is 6.14. The number of nitrogens with zero attached hydrogens (tertiary/aromatic N) is 3. The summed E-state index contributed by atoms with van der Waals surface area (Å²) in [5.74, 6) is 0.501. The van der Waals surface area contributed by atoms with E-state index in [1.165, 1.54) is 12.3 Å². The van der Waals surface area contributed by atoms with E-state index < -0.39 is 0 Å². The van der Waals surface area contributed by atoms with Gasteiger partial charge in [0.25, 0.3) is 0 Å². The highest BCUT2D eigenvalue weighted by Crippen LogP contribution is 2.12. The van der Waals surface area contributed by atoms with E-state index >= 15 is 0 Å². The molecule has 0 saturated carbocycles. The number of aromatic nitrogens is 2.